The van der Waals surface area contributed by atoms with Crippen molar-refractivity contribution in [3.63, 3.8) is 0 Å². The van der Waals surface area contributed by atoms with Crippen LogP contribution in [0.25, 0.3) is 0 Å². The quantitative estimate of drug-likeness (QED) is 0.660. The highest BCUT2D eigenvalue weighted by Crippen LogP contribution is 2.59. The Morgan fingerprint density at radius 3 is 2.23 bits per heavy atom. The smallest absolute Gasteiger partial charge is 0.101 e. The molecule has 2 heteroatoms. The lowest BCUT2D eigenvalue weighted by molar-refractivity contribution is 0.746. The highest BCUT2D eigenvalue weighted by atomic mass is 35.5. The van der Waals surface area contributed by atoms with Crippen LogP contribution in [0.2, 0.25) is 0 Å². The van der Waals surface area contributed by atoms with Crippen LogP contribution in [-0.2, 0) is 6.42 Å². The van der Waals surface area contributed by atoms with Gasteiger partial charge >= 0.3 is 0 Å². The van der Waals surface area contributed by atoms with Gasteiger partial charge in [-0.3, -0.25) is 0 Å². The Bertz CT molecular complexity index is 292. The van der Waals surface area contributed by atoms with Gasteiger partial charge in [0, 0.05) is 5.92 Å². The number of benzene rings is 1. The highest BCUT2D eigenvalue weighted by molar-refractivity contribution is 6.51. The van der Waals surface area contributed by atoms with Crippen LogP contribution in [0.4, 0.5) is 0 Å². The zero-order valence-corrected chi connectivity index (χ0v) is 9.02. The van der Waals surface area contributed by atoms with Gasteiger partial charge in [-0.2, -0.15) is 0 Å². The molecule has 0 aromatic heterocycles. The van der Waals surface area contributed by atoms with E-state index in [1.165, 1.54) is 5.56 Å². The third-order valence-electron chi connectivity index (χ3n) is 2.89. The first-order valence-corrected chi connectivity index (χ1v) is 5.29. The molecule has 0 N–H and O–H groups in total. The van der Waals surface area contributed by atoms with Crippen LogP contribution in [0, 0.1) is 11.8 Å². The molecule has 2 rings (SSSR count). The van der Waals surface area contributed by atoms with Crippen LogP contribution in [0.1, 0.15) is 12.5 Å². The van der Waals surface area contributed by atoms with E-state index in [0.717, 1.165) is 6.42 Å². The molecule has 1 fully saturated rings. The number of hydrogen-bond donors (Lipinski definition) is 0. The van der Waals surface area contributed by atoms with Gasteiger partial charge in [0.05, 0.1) is 0 Å². The van der Waals surface area contributed by atoms with Gasteiger partial charge in [-0.1, -0.05) is 37.3 Å². The second-order valence-electron chi connectivity index (χ2n) is 3.76. The van der Waals surface area contributed by atoms with Crippen molar-refractivity contribution >= 4 is 23.2 Å². The molecule has 0 spiro atoms. The maximum absolute atomic E-state index is 6.07. The minimum atomic E-state index is -0.476. The van der Waals surface area contributed by atoms with Gasteiger partial charge in [-0.05, 0) is 17.9 Å². The van der Waals surface area contributed by atoms with Crippen LogP contribution in [-0.4, -0.2) is 4.33 Å². The number of rotatable bonds is 2. The predicted octanol–water partition coefficient (Wildman–Crippen LogP) is 3.67. The monoisotopic (exact) mass is 214 g/mol. The van der Waals surface area contributed by atoms with Crippen LogP contribution in [0.3, 0.4) is 0 Å². The SMILES string of the molecule is C[C@H]1[C@H](Cc2ccccc2)C1(Cl)Cl. The average Bonchev–Trinajstić information content (AvgIpc) is 2.57. The summed E-state index contributed by atoms with van der Waals surface area (Å²) in [6.07, 6.45) is 0.995. The Balaban J connectivity index is 2.02. The lowest BCUT2D eigenvalue weighted by Gasteiger charge is -1.99. The van der Waals surface area contributed by atoms with Crippen molar-refractivity contribution in [1.29, 1.82) is 0 Å². The van der Waals surface area contributed by atoms with Crippen LogP contribution < -0.4 is 0 Å². The van der Waals surface area contributed by atoms with Crippen molar-refractivity contribution in [2.45, 2.75) is 17.7 Å². The maximum atomic E-state index is 6.07. The van der Waals surface area contributed by atoms with Gasteiger partial charge in [-0.25, -0.2) is 0 Å². The summed E-state index contributed by atoms with van der Waals surface area (Å²) >= 11 is 12.1. The van der Waals surface area contributed by atoms with E-state index < -0.39 is 4.33 Å². The Labute approximate surface area is 88.9 Å². The lowest BCUT2D eigenvalue weighted by atomic mass is 10.1. The molecule has 0 saturated heterocycles. The number of hydrogen-bond acceptors (Lipinski definition) is 0. The van der Waals surface area contributed by atoms with Gasteiger partial charge in [0.15, 0.2) is 0 Å². The van der Waals surface area contributed by atoms with E-state index in [9.17, 15) is 0 Å². The average molecular weight is 215 g/mol. The molecule has 2 atom stereocenters. The van der Waals surface area contributed by atoms with E-state index in [0.29, 0.717) is 11.8 Å². The van der Waals surface area contributed by atoms with Crippen molar-refractivity contribution in [1.82, 2.24) is 0 Å². The summed E-state index contributed by atoms with van der Waals surface area (Å²) < 4.78 is -0.476. The maximum Gasteiger partial charge on any atom is 0.124 e. The van der Waals surface area contributed by atoms with Crippen molar-refractivity contribution in [2.24, 2.45) is 11.8 Å². The first-order valence-electron chi connectivity index (χ1n) is 4.54. The van der Waals surface area contributed by atoms with Crippen LogP contribution in [0.5, 0.6) is 0 Å². The standard InChI is InChI=1S/C11H12Cl2/c1-8-10(11(8,12)13)7-9-5-3-2-4-6-9/h2-6,8,10H,7H2,1H3/t8-,10-/m0/s1. The van der Waals surface area contributed by atoms with E-state index in [1.54, 1.807) is 0 Å². The molecule has 0 heterocycles. The molecule has 0 amide bonds. The molecule has 1 aromatic carbocycles. The first-order chi connectivity index (χ1) is 6.12. The van der Waals surface area contributed by atoms with Gasteiger partial charge in [0.2, 0.25) is 0 Å². The van der Waals surface area contributed by atoms with Crippen molar-refractivity contribution in [3.05, 3.63) is 35.9 Å². The Morgan fingerprint density at radius 1 is 1.23 bits per heavy atom. The molecule has 0 nitrogen and oxygen atoms in total. The van der Waals surface area contributed by atoms with E-state index in [4.69, 9.17) is 23.2 Å². The van der Waals surface area contributed by atoms with Crippen molar-refractivity contribution < 1.29 is 0 Å². The topological polar surface area (TPSA) is 0 Å². The van der Waals surface area contributed by atoms with Crippen LogP contribution >= 0.6 is 23.2 Å². The Kier molecular flexibility index (Phi) is 2.29. The fourth-order valence-electron chi connectivity index (χ4n) is 1.74. The van der Waals surface area contributed by atoms with Gasteiger partial charge < -0.3 is 0 Å². The van der Waals surface area contributed by atoms with Gasteiger partial charge in [0.25, 0.3) is 0 Å². The summed E-state index contributed by atoms with van der Waals surface area (Å²) in [6, 6.07) is 10.4. The molecular formula is C11H12Cl2. The summed E-state index contributed by atoms with van der Waals surface area (Å²) in [6.45, 7) is 2.10. The molecular weight excluding hydrogens is 203 g/mol. The second kappa shape index (κ2) is 3.18. The molecule has 1 saturated carbocycles. The summed E-state index contributed by atoms with van der Waals surface area (Å²) in [4.78, 5) is 0. The zero-order chi connectivity index (χ0) is 9.47. The van der Waals surface area contributed by atoms with Crippen molar-refractivity contribution in [2.75, 3.05) is 0 Å². The minimum absolute atomic E-state index is 0.427. The molecule has 0 aliphatic heterocycles. The predicted molar refractivity (Wildman–Crippen MR) is 57.2 cm³/mol. The number of alkyl halides is 2. The third-order valence-corrected chi connectivity index (χ3v) is 4.14. The summed E-state index contributed by atoms with van der Waals surface area (Å²) in [5.41, 5.74) is 1.32. The fraction of sp³-hybridized carbons (Fsp3) is 0.455. The van der Waals surface area contributed by atoms with E-state index in [1.807, 2.05) is 18.2 Å². The van der Waals surface area contributed by atoms with E-state index in [2.05, 4.69) is 19.1 Å². The zero-order valence-electron chi connectivity index (χ0n) is 7.50. The molecule has 1 aliphatic carbocycles. The Morgan fingerprint density at radius 2 is 1.77 bits per heavy atom. The molecule has 0 unspecified atom stereocenters. The van der Waals surface area contributed by atoms with E-state index >= 15 is 0 Å². The molecule has 1 aromatic rings. The fourth-order valence-corrected chi connectivity index (χ4v) is 2.45. The molecule has 13 heavy (non-hydrogen) atoms. The van der Waals surface area contributed by atoms with Gasteiger partial charge in [-0.15, -0.1) is 23.2 Å². The third kappa shape index (κ3) is 1.70. The van der Waals surface area contributed by atoms with Crippen LogP contribution in [0.15, 0.2) is 30.3 Å². The largest absolute Gasteiger partial charge is 0.124 e. The highest BCUT2D eigenvalue weighted by Gasteiger charge is 2.59. The van der Waals surface area contributed by atoms with E-state index in [-0.39, 0.29) is 0 Å². The first kappa shape index (κ1) is 9.36. The van der Waals surface area contributed by atoms with Gasteiger partial charge in [0.1, 0.15) is 4.33 Å². The molecule has 0 radical (unpaired) electrons. The summed E-state index contributed by atoms with van der Waals surface area (Å²) in [7, 11) is 0. The minimum Gasteiger partial charge on any atom is -0.101 e. The Hall–Kier alpha value is -0.200. The molecule has 1 aliphatic rings. The lowest BCUT2D eigenvalue weighted by Crippen LogP contribution is -1.94. The molecule has 70 valence electrons. The second-order valence-corrected chi connectivity index (χ2v) is 5.20. The normalized spacial score (nSPS) is 30.1. The molecule has 0 bridgehead atoms. The summed E-state index contributed by atoms with van der Waals surface area (Å²) in [5, 5.41) is 0. The summed E-state index contributed by atoms with van der Waals surface area (Å²) in [5.74, 6) is 0.856. The number of halogens is 2. The van der Waals surface area contributed by atoms with Crippen molar-refractivity contribution in [3.8, 4) is 0 Å².